The first-order valence-corrected chi connectivity index (χ1v) is 6.34. The Balaban J connectivity index is 2.26. The summed E-state index contributed by atoms with van der Waals surface area (Å²) >= 11 is 0. The number of nitrogens with zero attached hydrogens (tertiary/aromatic N) is 2. The van der Waals surface area contributed by atoms with Crippen molar-refractivity contribution in [2.75, 3.05) is 21.3 Å². The molecular weight excluding hydrogens is 242 g/mol. The Bertz CT molecular complexity index is 534. The standard InChI is InChI=1S/C14H21N3O2/c1-15-11(14(18-3)19-4)9-13-16-10-7-5-6-8-12(10)17(13)2/h5-8,11,14-15H,9H2,1-4H3. The third-order valence-corrected chi connectivity index (χ3v) is 3.45. The van der Waals surface area contributed by atoms with Crippen molar-refractivity contribution in [2.24, 2.45) is 7.05 Å². The van der Waals surface area contributed by atoms with E-state index in [0.29, 0.717) is 0 Å². The maximum atomic E-state index is 5.32. The van der Waals surface area contributed by atoms with Crippen molar-refractivity contribution in [1.82, 2.24) is 14.9 Å². The molecule has 1 unspecified atom stereocenters. The minimum atomic E-state index is -0.287. The van der Waals surface area contributed by atoms with E-state index in [9.17, 15) is 0 Å². The van der Waals surface area contributed by atoms with Crippen LogP contribution in [0.5, 0.6) is 0 Å². The SMILES string of the molecule is CNC(Cc1nc2ccccc2n1C)C(OC)OC. The number of para-hydroxylation sites is 2. The molecule has 1 atom stereocenters. The molecule has 0 fully saturated rings. The molecule has 0 amide bonds. The second-order valence-corrected chi connectivity index (χ2v) is 4.51. The Morgan fingerprint density at radius 3 is 2.53 bits per heavy atom. The average molecular weight is 263 g/mol. The van der Waals surface area contributed by atoms with Crippen molar-refractivity contribution >= 4 is 11.0 Å². The van der Waals surface area contributed by atoms with E-state index in [1.54, 1.807) is 14.2 Å². The molecule has 19 heavy (non-hydrogen) atoms. The lowest BCUT2D eigenvalue weighted by Crippen LogP contribution is -2.42. The zero-order chi connectivity index (χ0) is 13.8. The van der Waals surface area contributed by atoms with Gasteiger partial charge in [0.2, 0.25) is 0 Å². The summed E-state index contributed by atoms with van der Waals surface area (Å²) in [6.45, 7) is 0. The van der Waals surface area contributed by atoms with Gasteiger partial charge in [-0.05, 0) is 19.2 Å². The predicted octanol–water partition coefficient (Wildman–Crippen LogP) is 1.32. The largest absolute Gasteiger partial charge is 0.354 e. The molecule has 104 valence electrons. The third-order valence-electron chi connectivity index (χ3n) is 3.45. The van der Waals surface area contributed by atoms with E-state index in [1.807, 2.05) is 32.3 Å². The Labute approximate surface area is 113 Å². The molecule has 0 bridgehead atoms. The normalized spacial score (nSPS) is 13.3. The van der Waals surface area contributed by atoms with Crippen molar-refractivity contribution in [3.05, 3.63) is 30.1 Å². The highest BCUT2D eigenvalue weighted by molar-refractivity contribution is 5.75. The molecule has 5 heteroatoms. The van der Waals surface area contributed by atoms with Crippen LogP contribution < -0.4 is 5.32 Å². The van der Waals surface area contributed by atoms with Crippen LogP contribution in [0.2, 0.25) is 0 Å². The first kappa shape index (κ1) is 14.0. The van der Waals surface area contributed by atoms with Crippen molar-refractivity contribution in [3.8, 4) is 0 Å². The minimum absolute atomic E-state index is 0.0607. The van der Waals surface area contributed by atoms with E-state index in [4.69, 9.17) is 9.47 Å². The fourth-order valence-electron chi connectivity index (χ4n) is 2.33. The van der Waals surface area contributed by atoms with E-state index in [0.717, 1.165) is 23.3 Å². The number of aromatic nitrogens is 2. The highest BCUT2D eigenvalue weighted by Gasteiger charge is 2.22. The van der Waals surface area contributed by atoms with Gasteiger partial charge in [0.15, 0.2) is 6.29 Å². The molecule has 1 N–H and O–H groups in total. The zero-order valence-corrected chi connectivity index (χ0v) is 11.9. The number of imidazole rings is 1. The summed E-state index contributed by atoms with van der Waals surface area (Å²) in [5.74, 6) is 1.01. The monoisotopic (exact) mass is 263 g/mol. The molecule has 1 aromatic heterocycles. The summed E-state index contributed by atoms with van der Waals surface area (Å²) in [6.07, 6.45) is 0.457. The summed E-state index contributed by atoms with van der Waals surface area (Å²) in [5, 5.41) is 3.22. The number of likely N-dealkylation sites (N-methyl/N-ethyl adjacent to an activating group) is 1. The van der Waals surface area contributed by atoms with Gasteiger partial charge >= 0.3 is 0 Å². The maximum absolute atomic E-state index is 5.32. The van der Waals surface area contributed by atoms with E-state index in [-0.39, 0.29) is 12.3 Å². The van der Waals surface area contributed by atoms with Gasteiger partial charge in [0.25, 0.3) is 0 Å². The molecule has 0 radical (unpaired) electrons. The fourth-order valence-corrected chi connectivity index (χ4v) is 2.33. The lowest BCUT2D eigenvalue weighted by atomic mass is 10.2. The number of aryl methyl sites for hydroxylation is 1. The van der Waals surface area contributed by atoms with E-state index in [1.165, 1.54) is 0 Å². The van der Waals surface area contributed by atoms with Crippen molar-refractivity contribution in [3.63, 3.8) is 0 Å². The van der Waals surface area contributed by atoms with Gasteiger partial charge in [0, 0.05) is 27.7 Å². The predicted molar refractivity (Wildman–Crippen MR) is 75.1 cm³/mol. The smallest absolute Gasteiger partial charge is 0.172 e. The van der Waals surface area contributed by atoms with Crippen molar-refractivity contribution in [1.29, 1.82) is 0 Å². The van der Waals surface area contributed by atoms with Crippen LogP contribution >= 0.6 is 0 Å². The van der Waals surface area contributed by atoms with E-state index >= 15 is 0 Å². The van der Waals surface area contributed by atoms with Gasteiger partial charge in [-0.2, -0.15) is 0 Å². The quantitative estimate of drug-likeness (QED) is 0.799. The van der Waals surface area contributed by atoms with Gasteiger partial charge in [0.05, 0.1) is 17.1 Å². The molecule has 0 saturated heterocycles. The summed E-state index contributed by atoms with van der Waals surface area (Å²) in [4.78, 5) is 4.66. The second kappa shape index (κ2) is 6.14. The highest BCUT2D eigenvalue weighted by Crippen LogP contribution is 2.16. The van der Waals surface area contributed by atoms with Crippen LogP contribution in [-0.2, 0) is 22.9 Å². The summed E-state index contributed by atoms with van der Waals surface area (Å²) in [5.41, 5.74) is 2.15. The summed E-state index contributed by atoms with van der Waals surface area (Å²) in [6, 6.07) is 8.19. The Hall–Kier alpha value is -1.43. The number of fused-ring (bicyclic) bond motifs is 1. The maximum Gasteiger partial charge on any atom is 0.172 e. The number of rotatable bonds is 6. The topological polar surface area (TPSA) is 48.3 Å². The number of hydrogen-bond donors (Lipinski definition) is 1. The van der Waals surface area contributed by atoms with Gasteiger partial charge in [-0.1, -0.05) is 12.1 Å². The first-order chi connectivity index (χ1) is 9.21. The minimum Gasteiger partial charge on any atom is -0.354 e. The third kappa shape index (κ3) is 2.78. The molecule has 1 aromatic carbocycles. The molecular formula is C14H21N3O2. The average Bonchev–Trinajstić information content (AvgIpc) is 2.76. The summed E-state index contributed by atoms with van der Waals surface area (Å²) < 4.78 is 12.7. The number of ether oxygens (including phenoxy) is 2. The fraction of sp³-hybridized carbons (Fsp3) is 0.500. The number of nitrogens with one attached hydrogen (secondary N) is 1. The molecule has 0 aliphatic heterocycles. The van der Waals surface area contributed by atoms with Crippen LogP contribution in [0, 0.1) is 0 Å². The van der Waals surface area contributed by atoms with Crippen molar-refractivity contribution in [2.45, 2.75) is 18.8 Å². The molecule has 2 rings (SSSR count). The molecule has 0 saturated carbocycles. The molecule has 1 heterocycles. The number of hydrogen-bond acceptors (Lipinski definition) is 4. The molecule has 0 aliphatic carbocycles. The van der Waals surface area contributed by atoms with Crippen LogP contribution in [0.1, 0.15) is 5.82 Å². The van der Waals surface area contributed by atoms with Crippen LogP contribution in [0.25, 0.3) is 11.0 Å². The zero-order valence-electron chi connectivity index (χ0n) is 11.9. The Morgan fingerprint density at radius 2 is 1.95 bits per heavy atom. The van der Waals surface area contributed by atoms with Crippen LogP contribution in [0.3, 0.4) is 0 Å². The van der Waals surface area contributed by atoms with Gasteiger partial charge in [-0.25, -0.2) is 4.98 Å². The second-order valence-electron chi connectivity index (χ2n) is 4.51. The number of benzene rings is 1. The van der Waals surface area contributed by atoms with Gasteiger partial charge in [-0.15, -0.1) is 0 Å². The molecule has 0 spiro atoms. The molecule has 0 aliphatic rings. The lowest BCUT2D eigenvalue weighted by molar-refractivity contribution is -0.121. The lowest BCUT2D eigenvalue weighted by Gasteiger charge is -2.23. The molecule has 5 nitrogen and oxygen atoms in total. The Morgan fingerprint density at radius 1 is 1.26 bits per heavy atom. The van der Waals surface area contributed by atoms with Crippen molar-refractivity contribution < 1.29 is 9.47 Å². The number of methoxy groups -OCH3 is 2. The first-order valence-electron chi connectivity index (χ1n) is 6.34. The Kier molecular flexibility index (Phi) is 4.52. The van der Waals surface area contributed by atoms with Gasteiger partial charge in [0.1, 0.15) is 5.82 Å². The van der Waals surface area contributed by atoms with Gasteiger partial charge in [-0.3, -0.25) is 0 Å². The summed E-state index contributed by atoms with van der Waals surface area (Å²) in [7, 11) is 7.23. The van der Waals surface area contributed by atoms with E-state index < -0.39 is 0 Å². The van der Waals surface area contributed by atoms with Crippen LogP contribution in [-0.4, -0.2) is 43.2 Å². The van der Waals surface area contributed by atoms with Crippen LogP contribution in [0.15, 0.2) is 24.3 Å². The molecule has 2 aromatic rings. The van der Waals surface area contributed by atoms with E-state index in [2.05, 4.69) is 20.9 Å². The highest BCUT2D eigenvalue weighted by atomic mass is 16.7. The van der Waals surface area contributed by atoms with Crippen LogP contribution in [0.4, 0.5) is 0 Å². The van der Waals surface area contributed by atoms with Gasteiger partial charge < -0.3 is 19.4 Å².